The Hall–Kier alpha value is -2.02. The van der Waals surface area contributed by atoms with E-state index in [0.29, 0.717) is 22.9 Å². The first-order valence-electron chi connectivity index (χ1n) is 6.38. The van der Waals surface area contributed by atoms with Crippen LogP contribution >= 0.6 is 11.8 Å². The number of carbonyl (C=O) groups is 3. The molecular formula is C14H16N2O4S. The second kappa shape index (κ2) is 6.17. The Balaban J connectivity index is 2.36. The fourth-order valence-corrected chi connectivity index (χ4v) is 3.26. The van der Waals surface area contributed by atoms with Crippen LogP contribution in [0.3, 0.4) is 0 Å². The summed E-state index contributed by atoms with van der Waals surface area (Å²) in [6.07, 6.45) is 0. The Labute approximate surface area is 126 Å². The van der Waals surface area contributed by atoms with Crippen molar-refractivity contribution in [1.29, 1.82) is 0 Å². The lowest BCUT2D eigenvalue weighted by Crippen LogP contribution is -2.42. The third-order valence-corrected chi connectivity index (χ3v) is 4.41. The predicted octanol–water partition coefficient (Wildman–Crippen LogP) is 1.27. The van der Waals surface area contributed by atoms with Crippen LogP contribution in [0.25, 0.3) is 0 Å². The first-order valence-corrected chi connectivity index (χ1v) is 7.53. The Morgan fingerprint density at radius 3 is 2.62 bits per heavy atom. The Bertz CT molecular complexity index is 590. The van der Waals surface area contributed by atoms with E-state index in [2.05, 4.69) is 0 Å². The van der Waals surface area contributed by atoms with Gasteiger partial charge in [0.25, 0.3) is 5.91 Å². The number of hydrogen-bond acceptors (Lipinski definition) is 4. The van der Waals surface area contributed by atoms with E-state index in [0.717, 1.165) is 0 Å². The Kier molecular flexibility index (Phi) is 4.52. The highest BCUT2D eigenvalue weighted by atomic mass is 32.2. The Morgan fingerprint density at radius 1 is 1.33 bits per heavy atom. The number of carboxylic acid groups (broad SMARTS) is 1. The molecule has 1 heterocycles. The highest BCUT2D eigenvalue weighted by molar-refractivity contribution is 7.99. The quantitative estimate of drug-likeness (QED) is 0.910. The van der Waals surface area contributed by atoms with E-state index in [1.54, 1.807) is 31.3 Å². The number of para-hydroxylation sites is 1. The van der Waals surface area contributed by atoms with Gasteiger partial charge in [-0.25, -0.2) is 4.79 Å². The molecule has 1 saturated heterocycles. The maximum atomic E-state index is 12.6. The number of thioether (sulfide) groups is 1. The van der Waals surface area contributed by atoms with E-state index in [-0.39, 0.29) is 11.8 Å². The van der Waals surface area contributed by atoms with Gasteiger partial charge < -0.3 is 14.9 Å². The zero-order valence-electron chi connectivity index (χ0n) is 11.8. The number of carbonyl (C=O) groups excluding carboxylic acids is 2. The lowest BCUT2D eigenvalue weighted by atomic mass is 10.1. The minimum absolute atomic E-state index is 0.194. The third kappa shape index (κ3) is 3.02. The fourth-order valence-electron chi connectivity index (χ4n) is 2.12. The number of hydrogen-bond donors (Lipinski definition) is 1. The van der Waals surface area contributed by atoms with E-state index < -0.39 is 12.0 Å². The second-order valence-electron chi connectivity index (χ2n) is 4.72. The highest BCUT2D eigenvalue weighted by Crippen LogP contribution is 2.27. The van der Waals surface area contributed by atoms with Crippen molar-refractivity contribution in [3.63, 3.8) is 0 Å². The summed E-state index contributed by atoms with van der Waals surface area (Å²) in [6.45, 7) is 1.41. The summed E-state index contributed by atoms with van der Waals surface area (Å²) in [5, 5.41) is 9.17. The average Bonchev–Trinajstić information content (AvgIpc) is 2.95. The van der Waals surface area contributed by atoms with Gasteiger partial charge in [0.15, 0.2) is 0 Å². The summed E-state index contributed by atoms with van der Waals surface area (Å²) in [5.41, 5.74) is 0.819. The summed E-state index contributed by atoms with van der Waals surface area (Å²) in [4.78, 5) is 38.1. The number of carboxylic acids is 1. The van der Waals surface area contributed by atoms with Gasteiger partial charge in [-0.05, 0) is 12.1 Å². The van der Waals surface area contributed by atoms with E-state index in [1.165, 1.54) is 28.5 Å². The highest BCUT2D eigenvalue weighted by Gasteiger charge is 2.36. The minimum atomic E-state index is -1.01. The fraction of sp³-hybridized carbons (Fsp3) is 0.357. The SMILES string of the molecule is CC(=O)N(C)c1ccccc1C(=O)N1CSC[C@H]1C(=O)O. The van der Waals surface area contributed by atoms with E-state index in [9.17, 15) is 19.5 Å². The number of aliphatic carboxylic acids is 1. The van der Waals surface area contributed by atoms with Gasteiger partial charge >= 0.3 is 5.97 Å². The predicted molar refractivity (Wildman–Crippen MR) is 80.4 cm³/mol. The smallest absolute Gasteiger partial charge is 0.327 e. The molecule has 6 nitrogen and oxygen atoms in total. The van der Waals surface area contributed by atoms with Crippen molar-refractivity contribution in [3.05, 3.63) is 29.8 Å². The van der Waals surface area contributed by atoms with Gasteiger partial charge in [-0.1, -0.05) is 12.1 Å². The van der Waals surface area contributed by atoms with E-state index in [1.807, 2.05) is 0 Å². The van der Waals surface area contributed by atoms with Crippen LogP contribution in [0, 0.1) is 0 Å². The maximum absolute atomic E-state index is 12.6. The van der Waals surface area contributed by atoms with Crippen LogP contribution in [-0.4, -0.2) is 52.5 Å². The van der Waals surface area contributed by atoms with Crippen LogP contribution < -0.4 is 4.90 Å². The zero-order chi connectivity index (χ0) is 15.6. The van der Waals surface area contributed by atoms with Crippen LogP contribution in [0.5, 0.6) is 0 Å². The molecule has 0 bridgehead atoms. The molecule has 1 aliphatic rings. The van der Waals surface area contributed by atoms with Crippen LogP contribution in [-0.2, 0) is 9.59 Å². The Morgan fingerprint density at radius 2 is 2.00 bits per heavy atom. The molecule has 1 aromatic rings. The topological polar surface area (TPSA) is 77.9 Å². The molecule has 0 radical (unpaired) electrons. The van der Waals surface area contributed by atoms with Gasteiger partial charge in [-0.2, -0.15) is 0 Å². The van der Waals surface area contributed by atoms with Crippen molar-refractivity contribution < 1.29 is 19.5 Å². The third-order valence-electron chi connectivity index (χ3n) is 3.40. The molecule has 0 aliphatic carbocycles. The number of amides is 2. The van der Waals surface area contributed by atoms with E-state index >= 15 is 0 Å². The van der Waals surface area contributed by atoms with E-state index in [4.69, 9.17) is 0 Å². The molecule has 0 spiro atoms. The summed E-state index contributed by atoms with van der Waals surface area (Å²) in [6, 6.07) is 5.90. The number of rotatable bonds is 3. The maximum Gasteiger partial charge on any atom is 0.327 e. The molecule has 0 saturated carbocycles. The lowest BCUT2D eigenvalue weighted by molar-refractivity contribution is -0.140. The second-order valence-corrected chi connectivity index (χ2v) is 5.72. The first-order chi connectivity index (χ1) is 9.93. The number of nitrogens with zero attached hydrogens (tertiary/aromatic N) is 2. The molecule has 112 valence electrons. The molecule has 0 unspecified atom stereocenters. The van der Waals surface area contributed by atoms with Crippen molar-refractivity contribution in [2.45, 2.75) is 13.0 Å². The molecule has 0 aromatic heterocycles. The van der Waals surface area contributed by atoms with Crippen molar-refractivity contribution in [2.75, 3.05) is 23.6 Å². The van der Waals surface area contributed by atoms with Gasteiger partial charge in [-0.15, -0.1) is 11.8 Å². The van der Waals surface area contributed by atoms with Crippen LogP contribution in [0.1, 0.15) is 17.3 Å². The van der Waals surface area contributed by atoms with Crippen molar-refractivity contribution >= 4 is 35.2 Å². The molecule has 2 amide bonds. The van der Waals surface area contributed by atoms with Crippen molar-refractivity contribution in [3.8, 4) is 0 Å². The number of anilines is 1. The van der Waals surface area contributed by atoms with Crippen LogP contribution in [0.15, 0.2) is 24.3 Å². The average molecular weight is 308 g/mol. The van der Waals surface area contributed by atoms with Gasteiger partial charge in [0.05, 0.1) is 17.1 Å². The van der Waals surface area contributed by atoms with Gasteiger partial charge in [0, 0.05) is 19.7 Å². The molecule has 2 rings (SSSR count). The standard InChI is InChI=1S/C14H16N2O4S/c1-9(17)15(2)11-6-4-3-5-10(11)13(18)16-8-21-7-12(16)14(19)20/h3-6,12H,7-8H2,1-2H3,(H,19,20)/t12-/m0/s1. The lowest BCUT2D eigenvalue weighted by Gasteiger charge is -2.24. The molecule has 1 N–H and O–H groups in total. The molecule has 21 heavy (non-hydrogen) atoms. The van der Waals surface area contributed by atoms with Gasteiger partial charge in [-0.3, -0.25) is 9.59 Å². The largest absolute Gasteiger partial charge is 0.480 e. The first kappa shape index (κ1) is 15.4. The summed E-state index contributed by atoms with van der Waals surface area (Å²) in [5.74, 6) is -0.845. The zero-order valence-corrected chi connectivity index (χ0v) is 12.6. The van der Waals surface area contributed by atoms with Crippen LogP contribution in [0.2, 0.25) is 0 Å². The van der Waals surface area contributed by atoms with Gasteiger partial charge in [0.1, 0.15) is 6.04 Å². The molecule has 1 aromatic carbocycles. The molecule has 1 aliphatic heterocycles. The molecule has 7 heteroatoms. The van der Waals surface area contributed by atoms with Gasteiger partial charge in [0.2, 0.25) is 5.91 Å². The van der Waals surface area contributed by atoms with Crippen molar-refractivity contribution in [2.24, 2.45) is 0 Å². The summed E-state index contributed by atoms with van der Waals surface area (Å²) >= 11 is 1.41. The monoisotopic (exact) mass is 308 g/mol. The summed E-state index contributed by atoms with van der Waals surface area (Å²) < 4.78 is 0. The molecule has 1 atom stereocenters. The van der Waals surface area contributed by atoms with Crippen LogP contribution in [0.4, 0.5) is 5.69 Å². The summed E-state index contributed by atoms with van der Waals surface area (Å²) in [7, 11) is 1.59. The molecular weight excluding hydrogens is 292 g/mol. The normalized spacial score (nSPS) is 17.6. The molecule has 1 fully saturated rings. The van der Waals surface area contributed by atoms with Crippen molar-refractivity contribution in [1.82, 2.24) is 4.90 Å². The number of benzene rings is 1. The minimum Gasteiger partial charge on any atom is -0.480 e.